The van der Waals surface area contributed by atoms with Crippen molar-refractivity contribution >= 4 is 29.5 Å². The highest BCUT2D eigenvalue weighted by atomic mass is 19.1. The number of hydrogen-bond acceptors (Lipinski definition) is 10. The lowest BCUT2D eigenvalue weighted by Gasteiger charge is -2.26. The van der Waals surface area contributed by atoms with E-state index in [4.69, 9.17) is 9.47 Å². The Morgan fingerprint density at radius 3 is 2.62 bits per heavy atom. The van der Waals surface area contributed by atoms with E-state index >= 15 is 0 Å². The van der Waals surface area contributed by atoms with Crippen LogP contribution in [0, 0.1) is 11.7 Å². The van der Waals surface area contributed by atoms with Crippen LogP contribution in [0.3, 0.4) is 0 Å². The van der Waals surface area contributed by atoms with E-state index in [9.17, 15) is 9.18 Å². The van der Waals surface area contributed by atoms with E-state index in [0.717, 1.165) is 39.3 Å². The number of ether oxygens (including phenoxy) is 2. The van der Waals surface area contributed by atoms with Crippen LogP contribution in [0.4, 0.5) is 27.9 Å². The van der Waals surface area contributed by atoms with Gasteiger partial charge in [-0.3, -0.25) is 4.90 Å². The van der Waals surface area contributed by atoms with Crippen LogP contribution in [-0.2, 0) is 14.3 Å². The maximum atomic E-state index is 13.6. The molecule has 3 N–H and O–H groups in total. The molecule has 10 nitrogen and oxygen atoms in total. The second-order valence-electron chi connectivity index (χ2n) is 8.53. The van der Waals surface area contributed by atoms with Crippen molar-refractivity contribution in [3.8, 4) is 0 Å². The van der Waals surface area contributed by atoms with Gasteiger partial charge in [0.15, 0.2) is 0 Å². The Morgan fingerprint density at radius 2 is 1.91 bits per heavy atom. The number of nitrogens with zero attached hydrogens (tertiary/aromatic N) is 4. The molecule has 0 amide bonds. The van der Waals surface area contributed by atoms with Gasteiger partial charge in [0.1, 0.15) is 11.9 Å². The molecule has 0 bridgehead atoms. The van der Waals surface area contributed by atoms with Gasteiger partial charge in [-0.2, -0.15) is 15.0 Å². The zero-order valence-electron chi connectivity index (χ0n) is 20.0. The van der Waals surface area contributed by atoms with E-state index in [1.54, 1.807) is 12.1 Å². The summed E-state index contributed by atoms with van der Waals surface area (Å²) in [6.07, 6.45) is 1.45. The van der Waals surface area contributed by atoms with Crippen LogP contribution >= 0.6 is 0 Å². The predicted octanol–water partition coefficient (Wildman–Crippen LogP) is 2.89. The predicted molar refractivity (Wildman–Crippen MR) is 129 cm³/mol. The van der Waals surface area contributed by atoms with Crippen LogP contribution in [0.1, 0.15) is 26.7 Å². The van der Waals surface area contributed by atoms with Gasteiger partial charge >= 0.3 is 5.97 Å². The van der Waals surface area contributed by atoms with Gasteiger partial charge in [0.25, 0.3) is 0 Å². The molecule has 1 aliphatic rings. The highest BCUT2D eigenvalue weighted by Crippen LogP contribution is 2.18. The second kappa shape index (κ2) is 13.0. The molecule has 186 valence electrons. The highest BCUT2D eigenvalue weighted by Gasteiger charge is 2.22. The number of benzene rings is 1. The Morgan fingerprint density at radius 1 is 1.18 bits per heavy atom. The number of anilines is 4. The van der Waals surface area contributed by atoms with Gasteiger partial charge in [-0.25, -0.2) is 9.18 Å². The molecule has 2 heterocycles. The summed E-state index contributed by atoms with van der Waals surface area (Å²) in [5.74, 6) is 0.288. The molecular formula is C23H34FN7O3. The monoisotopic (exact) mass is 475 g/mol. The summed E-state index contributed by atoms with van der Waals surface area (Å²) in [5.41, 5.74) is 0.502. The van der Waals surface area contributed by atoms with Crippen molar-refractivity contribution in [2.24, 2.45) is 5.92 Å². The molecule has 34 heavy (non-hydrogen) atoms. The van der Waals surface area contributed by atoms with E-state index < -0.39 is 12.0 Å². The number of hydrogen-bond donors (Lipinski definition) is 3. The summed E-state index contributed by atoms with van der Waals surface area (Å²) in [7, 11) is 1.35. The fraction of sp³-hybridized carbons (Fsp3) is 0.565. The van der Waals surface area contributed by atoms with Crippen molar-refractivity contribution in [2.45, 2.75) is 32.7 Å². The van der Waals surface area contributed by atoms with Crippen molar-refractivity contribution in [3.63, 3.8) is 0 Å². The van der Waals surface area contributed by atoms with Gasteiger partial charge < -0.3 is 25.4 Å². The Bertz CT molecular complexity index is 925. The van der Waals surface area contributed by atoms with Crippen LogP contribution < -0.4 is 16.0 Å². The Kier molecular flexibility index (Phi) is 9.77. The largest absolute Gasteiger partial charge is 0.467 e. The third kappa shape index (κ3) is 8.38. The fourth-order valence-corrected chi connectivity index (χ4v) is 3.58. The first-order valence-electron chi connectivity index (χ1n) is 11.6. The topological polar surface area (TPSA) is 114 Å². The minimum Gasteiger partial charge on any atom is -0.467 e. The first kappa shape index (κ1) is 25.6. The van der Waals surface area contributed by atoms with Crippen LogP contribution in [0.2, 0.25) is 0 Å². The number of methoxy groups -OCH3 is 1. The fourth-order valence-electron chi connectivity index (χ4n) is 3.58. The summed E-state index contributed by atoms with van der Waals surface area (Å²) in [6.45, 7) is 9.04. The molecule has 2 aromatic rings. The number of nitrogens with one attached hydrogen (secondary N) is 3. The summed E-state index contributed by atoms with van der Waals surface area (Å²) < 4.78 is 23.9. The molecule has 1 saturated heterocycles. The summed E-state index contributed by atoms with van der Waals surface area (Å²) in [6, 6.07) is 5.41. The average Bonchev–Trinajstić information content (AvgIpc) is 2.81. The lowest BCUT2D eigenvalue weighted by Crippen LogP contribution is -2.37. The molecule has 0 unspecified atom stereocenters. The maximum Gasteiger partial charge on any atom is 0.328 e. The smallest absolute Gasteiger partial charge is 0.328 e. The SMILES string of the molecule is COC(=O)[C@H](CC(C)C)Nc1nc(NCCCN2CCOCC2)nc(Nc2cccc(F)c2)n1. The van der Waals surface area contributed by atoms with Gasteiger partial charge in [0.05, 0.1) is 20.3 Å². The number of esters is 1. The van der Waals surface area contributed by atoms with Crippen molar-refractivity contribution in [1.29, 1.82) is 0 Å². The molecule has 0 radical (unpaired) electrons. The van der Waals surface area contributed by atoms with E-state index in [2.05, 4.69) is 35.8 Å². The highest BCUT2D eigenvalue weighted by molar-refractivity contribution is 5.78. The minimum absolute atomic E-state index is 0.223. The first-order chi connectivity index (χ1) is 16.4. The summed E-state index contributed by atoms with van der Waals surface area (Å²) in [4.78, 5) is 27.9. The third-order valence-electron chi connectivity index (χ3n) is 5.25. The molecule has 0 saturated carbocycles. The third-order valence-corrected chi connectivity index (χ3v) is 5.25. The van der Waals surface area contributed by atoms with E-state index in [-0.39, 0.29) is 23.6 Å². The lowest BCUT2D eigenvalue weighted by atomic mass is 10.0. The molecule has 0 spiro atoms. The van der Waals surface area contributed by atoms with Gasteiger partial charge in [-0.1, -0.05) is 19.9 Å². The Hall–Kier alpha value is -3.05. The molecule has 3 rings (SSSR count). The molecule has 11 heteroatoms. The molecule has 0 aliphatic carbocycles. The Labute approximate surface area is 199 Å². The van der Waals surface area contributed by atoms with E-state index in [1.807, 2.05) is 13.8 Å². The average molecular weight is 476 g/mol. The number of carbonyl (C=O) groups excluding carboxylic acids is 1. The normalized spacial score (nSPS) is 15.1. The minimum atomic E-state index is -0.608. The summed E-state index contributed by atoms with van der Waals surface area (Å²) >= 11 is 0. The van der Waals surface area contributed by atoms with Crippen LogP contribution in [-0.4, -0.2) is 78.4 Å². The number of halogens is 1. The number of carbonyl (C=O) groups is 1. The molecular weight excluding hydrogens is 441 g/mol. The molecule has 1 aromatic carbocycles. The van der Waals surface area contributed by atoms with Crippen LogP contribution in [0.15, 0.2) is 24.3 Å². The Balaban J connectivity index is 1.72. The molecule has 1 fully saturated rings. The maximum absolute atomic E-state index is 13.6. The van der Waals surface area contributed by atoms with Gasteiger partial charge in [0, 0.05) is 25.3 Å². The van der Waals surface area contributed by atoms with E-state index in [0.29, 0.717) is 24.6 Å². The van der Waals surface area contributed by atoms with Crippen molar-refractivity contribution in [1.82, 2.24) is 19.9 Å². The van der Waals surface area contributed by atoms with E-state index in [1.165, 1.54) is 19.2 Å². The number of rotatable bonds is 12. The molecule has 1 aliphatic heterocycles. The molecule has 1 aromatic heterocycles. The zero-order chi connectivity index (χ0) is 24.3. The first-order valence-corrected chi connectivity index (χ1v) is 11.6. The van der Waals surface area contributed by atoms with Gasteiger partial charge in [-0.15, -0.1) is 0 Å². The quantitative estimate of drug-likeness (QED) is 0.313. The number of aromatic nitrogens is 3. The van der Waals surface area contributed by atoms with Gasteiger partial charge in [-0.05, 0) is 43.5 Å². The van der Waals surface area contributed by atoms with Crippen molar-refractivity contribution < 1.29 is 18.7 Å². The van der Waals surface area contributed by atoms with Crippen molar-refractivity contribution in [3.05, 3.63) is 30.1 Å². The zero-order valence-corrected chi connectivity index (χ0v) is 20.0. The van der Waals surface area contributed by atoms with Crippen LogP contribution in [0.25, 0.3) is 0 Å². The van der Waals surface area contributed by atoms with Gasteiger partial charge in [0.2, 0.25) is 17.8 Å². The van der Waals surface area contributed by atoms with Crippen molar-refractivity contribution in [2.75, 3.05) is 62.5 Å². The lowest BCUT2D eigenvalue weighted by molar-refractivity contribution is -0.141. The summed E-state index contributed by atoms with van der Waals surface area (Å²) in [5, 5.41) is 9.30. The number of morpholine rings is 1. The molecule has 1 atom stereocenters. The van der Waals surface area contributed by atoms with Crippen LogP contribution in [0.5, 0.6) is 0 Å². The second-order valence-corrected chi connectivity index (χ2v) is 8.53. The standard InChI is InChI=1S/C23H34FN7O3/c1-16(2)14-19(20(32)33-3)27-23-29-21(25-8-5-9-31-10-12-34-13-11-31)28-22(30-23)26-18-7-4-6-17(24)15-18/h4,6-7,15-16,19H,5,8-14H2,1-3H3,(H3,25,26,27,28,29,30)/t19-/m0/s1.